The van der Waals surface area contributed by atoms with Gasteiger partial charge in [0.25, 0.3) is 0 Å². The molecule has 0 bridgehead atoms. The molecule has 0 nitrogen and oxygen atoms in total. The van der Waals surface area contributed by atoms with Crippen molar-refractivity contribution in [2.45, 2.75) is 6.42 Å². The summed E-state index contributed by atoms with van der Waals surface area (Å²) in [5, 5.41) is 1.36. The molecule has 0 fully saturated rings. The van der Waals surface area contributed by atoms with Crippen LogP contribution in [0.1, 0.15) is 6.42 Å². The lowest BCUT2D eigenvalue weighted by Gasteiger charge is -1.81. The Kier molecular flexibility index (Phi) is 1.40. The maximum atomic E-state index is 5.52. The maximum absolute atomic E-state index is 5.52. The molecule has 0 aliphatic heterocycles. The average Bonchev–Trinajstić information content (AvgIpc) is 1.91. The fraction of sp³-hybridized carbons (Fsp3) is 0.200. The van der Waals surface area contributed by atoms with Crippen LogP contribution in [0.15, 0.2) is 22.2 Å². The van der Waals surface area contributed by atoms with Crippen LogP contribution in [0.2, 0.25) is 0 Å². The molecule has 0 aromatic carbocycles. The van der Waals surface area contributed by atoms with Crippen LogP contribution in [0.5, 0.6) is 0 Å². The van der Waals surface area contributed by atoms with E-state index in [1.807, 2.05) is 12.2 Å². The first-order valence-corrected chi connectivity index (χ1v) is 2.78. The minimum atomic E-state index is 0.682. The zero-order valence-electron chi connectivity index (χ0n) is 3.62. The highest BCUT2D eigenvalue weighted by Gasteiger charge is 2.01. The van der Waals surface area contributed by atoms with Crippen molar-refractivity contribution in [3.05, 3.63) is 22.2 Å². The molecular formula is C5H4Cl2. The Morgan fingerprint density at radius 1 is 1.14 bits per heavy atom. The molecule has 0 radical (unpaired) electrons. The van der Waals surface area contributed by atoms with Gasteiger partial charge in [-0.05, 0) is 6.42 Å². The Balaban J connectivity index is 2.78. The zero-order chi connectivity index (χ0) is 5.28. The van der Waals surface area contributed by atoms with E-state index in [0.717, 1.165) is 6.42 Å². The van der Waals surface area contributed by atoms with Crippen molar-refractivity contribution < 1.29 is 0 Å². The largest absolute Gasteiger partial charge is 0.0831 e. The minimum absolute atomic E-state index is 0.682. The summed E-state index contributed by atoms with van der Waals surface area (Å²) in [5.74, 6) is 0. The fourth-order valence-corrected chi connectivity index (χ4v) is 0.793. The molecule has 1 aliphatic carbocycles. The lowest BCUT2D eigenvalue weighted by atomic mass is 10.5. The Bertz CT molecular complexity index is 117. The fourth-order valence-electron chi connectivity index (χ4n) is 0.461. The van der Waals surface area contributed by atoms with E-state index in [1.165, 1.54) is 0 Å². The van der Waals surface area contributed by atoms with Gasteiger partial charge in [-0.3, -0.25) is 0 Å². The Morgan fingerprint density at radius 3 is 1.71 bits per heavy atom. The van der Waals surface area contributed by atoms with Crippen molar-refractivity contribution in [2.75, 3.05) is 0 Å². The molecule has 0 spiro atoms. The summed E-state index contributed by atoms with van der Waals surface area (Å²) in [5.41, 5.74) is 0. The lowest BCUT2D eigenvalue weighted by molar-refractivity contribution is 1.45. The van der Waals surface area contributed by atoms with E-state index in [2.05, 4.69) is 0 Å². The summed E-state index contributed by atoms with van der Waals surface area (Å²) < 4.78 is 0. The van der Waals surface area contributed by atoms with Gasteiger partial charge in [-0.25, -0.2) is 0 Å². The summed E-state index contributed by atoms with van der Waals surface area (Å²) in [6, 6.07) is 0. The predicted octanol–water partition coefficient (Wildman–Crippen LogP) is 2.64. The van der Waals surface area contributed by atoms with Crippen molar-refractivity contribution >= 4 is 23.2 Å². The van der Waals surface area contributed by atoms with Crippen LogP contribution in [0.25, 0.3) is 0 Å². The van der Waals surface area contributed by atoms with Crippen molar-refractivity contribution in [1.82, 2.24) is 0 Å². The van der Waals surface area contributed by atoms with Crippen molar-refractivity contribution in [3.63, 3.8) is 0 Å². The van der Waals surface area contributed by atoms with Crippen LogP contribution < -0.4 is 0 Å². The number of allylic oxidation sites excluding steroid dienone is 4. The van der Waals surface area contributed by atoms with E-state index in [-0.39, 0.29) is 0 Å². The SMILES string of the molecule is ClC1=CCC=C1Cl. The van der Waals surface area contributed by atoms with Gasteiger partial charge in [0.1, 0.15) is 0 Å². The summed E-state index contributed by atoms with van der Waals surface area (Å²) in [7, 11) is 0. The van der Waals surface area contributed by atoms with Gasteiger partial charge < -0.3 is 0 Å². The molecule has 0 aromatic rings. The molecule has 1 rings (SSSR count). The summed E-state index contributed by atoms with van der Waals surface area (Å²) in [4.78, 5) is 0. The van der Waals surface area contributed by atoms with E-state index in [9.17, 15) is 0 Å². The molecule has 0 N–H and O–H groups in total. The molecule has 0 saturated heterocycles. The summed E-state index contributed by atoms with van der Waals surface area (Å²) in [6.45, 7) is 0. The van der Waals surface area contributed by atoms with Crippen LogP contribution in [-0.4, -0.2) is 0 Å². The molecule has 38 valence electrons. The van der Waals surface area contributed by atoms with Crippen LogP contribution in [0.4, 0.5) is 0 Å². The highest BCUT2D eigenvalue weighted by Crippen LogP contribution is 2.24. The van der Waals surface area contributed by atoms with Crippen LogP contribution in [-0.2, 0) is 0 Å². The van der Waals surface area contributed by atoms with Gasteiger partial charge in [0, 0.05) is 0 Å². The van der Waals surface area contributed by atoms with Gasteiger partial charge in [0.2, 0.25) is 0 Å². The number of hydrogen-bond acceptors (Lipinski definition) is 0. The topological polar surface area (TPSA) is 0 Å². The third-order valence-electron chi connectivity index (χ3n) is 0.822. The molecule has 0 aromatic heterocycles. The van der Waals surface area contributed by atoms with Crippen LogP contribution in [0.3, 0.4) is 0 Å². The van der Waals surface area contributed by atoms with Gasteiger partial charge in [0.15, 0.2) is 0 Å². The van der Waals surface area contributed by atoms with Gasteiger partial charge >= 0.3 is 0 Å². The second-order valence-corrected chi connectivity index (χ2v) is 2.15. The van der Waals surface area contributed by atoms with Crippen molar-refractivity contribution in [2.24, 2.45) is 0 Å². The van der Waals surface area contributed by atoms with E-state index in [1.54, 1.807) is 0 Å². The molecule has 1 aliphatic rings. The predicted molar refractivity (Wildman–Crippen MR) is 32.5 cm³/mol. The first-order valence-electron chi connectivity index (χ1n) is 2.02. The van der Waals surface area contributed by atoms with Crippen LogP contribution in [0, 0.1) is 0 Å². The normalized spacial score (nSPS) is 19.1. The minimum Gasteiger partial charge on any atom is -0.0831 e. The molecule has 7 heavy (non-hydrogen) atoms. The van der Waals surface area contributed by atoms with E-state index in [4.69, 9.17) is 23.2 Å². The quantitative estimate of drug-likeness (QED) is 0.478. The van der Waals surface area contributed by atoms with Gasteiger partial charge in [-0.15, -0.1) is 0 Å². The van der Waals surface area contributed by atoms with Gasteiger partial charge in [-0.2, -0.15) is 0 Å². The standard InChI is InChI=1S/C5H4Cl2/c6-4-2-1-3-5(4)7/h2-3H,1H2. The van der Waals surface area contributed by atoms with E-state index in [0.29, 0.717) is 10.1 Å². The second-order valence-electron chi connectivity index (χ2n) is 1.34. The smallest absolute Gasteiger partial charge is 0.0552 e. The average molecular weight is 135 g/mol. The molecule has 0 unspecified atom stereocenters. The Morgan fingerprint density at radius 2 is 1.57 bits per heavy atom. The van der Waals surface area contributed by atoms with Crippen molar-refractivity contribution in [1.29, 1.82) is 0 Å². The van der Waals surface area contributed by atoms with Gasteiger partial charge in [-0.1, -0.05) is 35.4 Å². The molecule has 0 atom stereocenters. The zero-order valence-corrected chi connectivity index (χ0v) is 5.13. The third kappa shape index (κ3) is 0.987. The van der Waals surface area contributed by atoms with Crippen molar-refractivity contribution in [3.8, 4) is 0 Å². The highest BCUT2D eigenvalue weighted by atomic mass is 35.5. The first kappa shape index (κ1) is 5.20. The van der Waals surface area contributed by atoms with E-state index < -0.39 is 0 Å². The third-order valence-corrected chi connectivity index (χ3v) is 1.63. The molecule has 0 heterocycles. The lowest BCUT2D eigenvalue weighted by Crippen LogP contribution is -1.57. The Hall–Kier alpha value is 0.0600. The summed E-state index contributed by atoms with van der Waals surface area (Å²) >= 11 is 11.0. The number of halogens is 2. The van der Waals surface area contributed by atoms with Gasteiger partial charge in [0.05, 0.1) is 10.1 Å². The second kappa shape index (κ2) is 1.89. The molecule has 0 saturated carbocycles. The van der Waals surface area contributed by atoms with E-state index >= 15 is 0 Å². The molecular weight excluding hydrogens is 131 g/mol. The number of rotatable bonds is 0. The molecule has 2 heteroatoms. The summed E-state index contributed by atoms with van der Waals surface area (Å²) in [6.07, 6.45) is 4.64. The monoisotopic (exact) mass is 134 g/mol. The Labute approximate surface area is 52.4 Å². The molecule has 0 amide bonds. The highest BCUT2D eigenvalue weighted by molar-refractivity contribution is 6.44. The first-order chi connectivity index (χ1) is 3.30. The number of hydrogen-bond donors (Lipinski definition) is 0. The van der Waals surface area contributed by atoms with Crippen LogP contribution >= 0.6 is 23.2 Å². The maximum Gasteiger partial charge on any atom is 0.0552 e.